The Hall–Kier alpha value is -0.790. The maximum absolute atomic E-state index is 12.6. The zero-order valence-corrected chi connectivity index (χ0v) is 13.0. The molecule has 1 aliphatic rings. The summed E-state index contributed by atoms with van der Waals surface area (Å²) in [6.07, 6.45) is -4.13. The Labute approximate surface area is 126 Å². The van der Waals surface area contributed by atoms with Crippen molar-refractivity contribution in [2.75, 3.05) is 0 Å². The summed E-state index contributed by atoms with van der Waals surface area (Å²) in [5, 5.41) is -0.160. The molecule has 2 rings (SSSR count). The first kappa shape index (κ1) is 16.6. The van der Waals surface area contributed by atoms with E-state index < -0.39 is 32.1 Å². The van der Waals surface area contributed by atoms with Crippen LogP contribution in [0.15, 0.2) is 29.2 Å². The van der Waals surface area contributed by atoms with E-state index in [9.17, 15) is 21.6 Å². The molecule has 1 aromatic carbocycles. The largest absolute Gasteiger partial charge is 0.416 e. The van der Waals surface area contributed by atoms with E-state index in [1.165, 1.54) is 0 Å². The van der Waals surface area contributed by atoms with Gasteiger partial charge in [-0.3, -0.25) is 0 Å². The maximum Gasteiger partial charge on any atom is 0.416 e. The summed E-state index contributed by atoms with van der Waals surface area (Å²) in [4.78, 5) is -0.397. The lowest BCUT2D eigenvalue weighted by Crippen LogP contribution is -2.59. The molecular formula is C13H15ClF3NO2S. The second kappa shape index (κ2) is 5.14. The molecule has 0 bridgehead atoms. The fraction of sp³-hybridized carbons (Fsp3) is 0.538. The summed E-state index contributed by atoms with van der Waals surface area (Å²) in [6.45, 7) is 3.63. The molecule has 0 amide bonds. The molecule has 1 aromatic rings. The zero-order valence-electron chi connectivity index (χ0n) is 11.4. The highest BCUT2D eigenvalue weighted by atomic mass is 35.5. The first-order valence-corrected chi connectivity index (χ1v) is 8.20. The molecule has 1 saturated carbocycles. The van der Waals surface area contributed by atoms with E-state index in [-0.39, 0.29) is 11.4 Å². The van der Waals surface area contributed by atoms with Crippen LogP contribution in [0.3, 0.4) is 0 Å². The normalized spacial score (nSPS) is 25.4. The van der Waals surface area contributed by atoms with Gasteiger partial charge in [-0.25, -0.2) is 13.1 Å². The summed E-state index contributed by atoms with van der Waals surface area (Å²) in [7, 11) is -4.01. The van der Waals surface area contributed by atoms with Gasteiger partial charge in [0.1, 0.15) is 0 Å². The van der Waals surface area contributed by atoms with E-state index in [2.05, 4.69) is 4.72 Å². The van der Waals surface area contributed by atoms with Gasteiger partial charge in [-0.2, -0.15) is 13.2 Å². The second-order valence-electron chi connectivity index (χ2n) is 5.72. The topological polar surface area (TPSA) is 46.2 Å². The summed E-state index contributed by atoms with van der Waals surface area (Å²) in [5.74, 6) is 0. The Morgan fingerprint density at radius 1 is 1.33 bits per heavy atom. The minimum atomic E-state index is -4.58. The van der Waals surface area contributed by atoms with Crippen LogP contribution >= 0.6 is 11.6 Å². The van der Waals surface area contributed by atoms with Gasteiger partial charge in [0, 0.05) is 11.4 Å². The predicted molar refractivity (Wildman–Crippen MR) is 73.6 cm³/mol. The fourth-order valence-corrected chi connectivity index (χ4v) is 3.95. The van der Waals surface area contributed by atoms with Gasteiger partial charge in [-0.1, -0.05) is 19.9 Å². The van der Waals surface area contributed by atoms with Gasteiger partial charge >= 0.3 is 6.18 Å². The molecule has 0 radical (unpaired) electrons. The number of alkyl halides is 4. The first-order chi connectivity index (χ1) is 9.44. The smallest absolute Gasteiger partial charge is 0.207 e. The molecule has 8 heteroatoms. The zero-order chi connectivity index (χ0) is 16.1. The molecule has 2 atom stereocenters. The van der Waals surface area contributed by atoms with E-state index in [0.717, 1.165) is 18.2 Å². The van der Waals surface area contributed by atoms with Crippen molar-refractivity contribution >= 4 is 21.6 Å². The number of sulfonamides is 1. The van der Waals surface area contributed by atoms with Crippen molar-refractivity contribution in [1.29, 1.82) is 0 Å². The first-order valence-electron chi connectivity index (χ1n) is 6.28. The Balaban J connectivity index is 2.25. The molecule has 1 N–H and O–H groups in total. The molecule has 0 heterocycles. The molecule has 0 saturated heterocycles. The third-order valence-electron chi connectivity index (χ3n) is 3.92. The second-order valence-corrected chi connectivity index (χ2v) is 7.96. The average molecular weight is 342 g/mol. The lowest BCUT2D eigenvalue weighted by atomic mass is 9.67. The van der Waals surface area contributed by atoms with Crippen molar-refractivity contribution in [2.45, 2.75) is 42.8 Å². The molecule has 21 heavy (non-hydrogen) atoms. The van der Waals surface area contributed by atoms with E-state index in [1.54, 1.807) is 0 Å². The lowest BCUT2D eigenvalue weighted by Gasteiger charge is -2.48. The molecule has 118 valence electrons. The summed E-state index contributed by atoms with van der Waals surface area (Å²) in [5.41, 5.74) is -1.43. The SMILES string of the molecule is CC1(C)C(Cl)CC1NS(=O)(=O)c1cccc(C(F)(F)F)c1. The van der Waals surface area contributed by atoms with Crippen molar-refractivity contribution in [1.82, 2.24) is 4.72 Å². The van der Waals surface area contributed by atoms with Crippen LogP contribution in [0.25, 0.3) is 0 Å². The van der Waals surface area contributed by atoms with E-state index >= 15 is 0 Å². The lowest BCUT2D eigenvalue weighted by molar-refractivity contribution is -0.137. The number of benzene rings is 1. The molecule has 1 fully saturated rings. The van der Waals surface area contributed by atoms with Crippen LogP contribution in [0.1, 0.15) is 25.8 Å². The predicted octanol–water partition coefficient (Wildman–Crippen LogP) is 3.39. The number of halogens is 4. The molecule has 2 unspecified atom stereocenters. The van der Waals surface area contributed by atoms with Gasteiger partial charge < -0.3 is 0 Å². The average Bonchev–Trinajstić information content (AvgIpc) is 2.37. The van der Waals surface area contributed by atoms with Crippen molar-refractivity contribution in [3.63, 3.8) is 0 Å². The van der Waals surface area contributed by atoms with Crippen molar-refractivity contribution in [2.24, 2.45) is 5.41 Å². The van der Waals surface area contributed by atoms with Gasteiger partial charge in [-0.05, 0) is 30.0 Å². The van der Waals surface area contributed by atoms with Crippen molar-refractivity contribution in [3.8, 4) is 0 Å². The molecule has 0 aliphatic heterocycles. The van der Waals surface area contributed by atoms with E-state index in [1.807, 2.05) is 13.8 Å². The monoisotopic (exact) mass is 341 g/mol. The highest BCUT2D eigenvalue weighted by Gasteiger charge is 2.48. The maximum atomic E-state index is 12.6. The molecule has 1 aliphatic carbocycles. The van der Waals surface area contributed by atoms with E-state index in [0.29, 0.717) is 12.5 Å². The Kier molecular flexibility index (Phi) is 4.06. The fourth-order valence-electron chi connectivity index (χ4n) is 2.17. The standard InChI is InChI=1S/C13H15ClF3NO2S/c1-12(2)10(14)7-11(12)18-21(19,20)9-5-3-4-8(6-9)13(15,16)17/h3-6,10-11,18H,7H2,1-2H3. The summed E-state index contributed by atoms with van der Waals surface area (Å²) < 4.78 is 64.7. The van der Waals surface area contributed by atoms with Crippen LogP contribution in [-0.2, 0) is 16.2 Å². The minimum Gasteiger partial charge on any atom is -0.207 e. The van der Waals surface area contributed by atoms with Crippen LogP contribution in [0.4, 0.5) is 13.2 Å². The minimum absolute atomic E-state index is 0.160. The van der Waals surface area contributed by atoms with Gasteiger partial charge in [-0.15, -0.1) is 11.6 Å². The third-order valence-corrected chi connectivity index (χ3v) is 6.13. The number of nitrogens with one attached hydrogen (secondary N) is 1. The van der Waals surface area contributed by atoms with Crippen LogP contribution < -0.4 is 4.72 Å². The Bertz CT molecular complexity index is 643. The van der Waals surface area contributed by atoms with E-state index in [4.69, 9.17) is 11.6 Å². The molecular weight excluding hydrogens is 327 g/mol. The molecule has 0 spiro atoms. The number of rotatable bonds is 3. The van der Waals surface area contributed by atoms with Crippen LogP contribution in [0.2, 0.25) is 0 Å². The van der Waals surface area contributed by atoms with Gasteiger partial charge in [0.05, 0.1) is 10.5 Å². The van der Waals surface area contributed by atoms with Gasteiger partial charge in [0.25, 0.3) is 0 Å². The summed E-state index contributed by atoms with van der Waals surface area (Å²) >= 11 is 6.01. The molecule has 3 nitrogen and oxygen atoms in total. The van der Waals surface area contributed by atoms with Crippen LogP contribution in [0, 0.1) is 5.41 Å². The van der Waals surface area contributed by atoms with Gasteiger partial charge in [0.2, 0.25) is 10.0 Å². The quantitative estimate of drug-likeness (QED) is 0.857. The molecule has 0 aromatic heterocycles. The third kappa shape index (κ3) is 3.19. The Morgan fingerprint density at radius 2 is 1.95 bits per heavy atom. The van der Waals surface area contributed by atoms with Crippen molar-refractivity contribution < 1.29 is 21.6 Å². The summed E-state index contributed by atoms with van der Waals surface area (Å²) in [6, 6.07) is 3.29. The number of hydrogen-bond acceptors (Lipinski definition) is 2. The van der Waals surface area contributed by atoms with Gasteiger partial charge in [0.15, 0.2) is 0 Å². The number of hydrogen-bond donors (Lipinski definition) is 1. The highest BCUT2D eigenvalue weighted by molar-refractivity contribution is 7.89. The highest BCUT2D eigenvalue weighted by Crippen LogP contribution is 2.45. The van der Waals surface area contributed by atoms with Crippen LogP contribution in [0.5, 0.6) is 0 Å². The van der Waals surface area contributed by atoms with Crippen molar-refractivity contribution in [3.05, 3.63) is 29.8 Å². The van der Waals surface area contributed by atoms with Crippen LogP contribution in [-0.4, -0.2) is 19.8 Å². The Morgan fingerprint density at radius 3 is 2.43 bits per heavy atom.